The largest absolute Gasteiger partial charge is 0.376 e. The number of hydrogen-bond donors (Lipinski definition) is 1. The Labute approximate surface area is 202 Å². The van der Waals surface area contributed by atoms with Crippen molar-refractivity contribution >= 4 is 29.9 Å². The second-order valence-electron chi connectivity index (χ2n) is 8.17. The van der Waals surface area contributed by atoms with E-state index in [2.05, 4.69) is 27.3 Å². The van der Waals surface area contributed by atoms with Gasteiger partial charge in [-0.3, -0.25) is 4.99 Å². The minimum atomic E-state index is -0.158. The lowest BCUT2D eigenvalue weighted by Gasteiger charge is -2.22. The van der Waals surface area contributed by atoms with Crippen molar-refractivity contribution in [2.75, 3.05) is 40.8 Å². The Bertz CT molecular complexity index is 832. The monoisotopic (exact) mass is 540 g/mol. The number of aliphatic imine (C=N–C) groups is 1. The second kappa shape index (κ2) is 13.0. The van der Waals surface area contributed by atoms with Crippen molar-refractivity contribution in [3.63, 3.8) is 0 Å². The minimum absolute atomic E-state index is 0. The summed E-state index contributed by atoms with van der Waals surface area (Å²) < 4.78 is 19.9. The summed E-state index contributed by atoms with van der Waals surface area (Å²) in [4.78, 5) is 8.69. The minimum Gasteiger partial charge on any atom is -0.376 e. The van der Waals surface area contributed by atoms with Gasteiger partial charge in [0.2, 0.25) is 0 Å². The summed E-state index contributed by atoms with van der Waals surface area (Å²) in [6, 6.07) is 15.6. The van der Waals surface area contributed by atoms with Gasteiger partial charge in [0.05, 0.1) is 13.2 Å². The Kier molecular flexibility index (Phi) is 10.7. The van der Waals surface area contributed by atoms with Gasteiger partial charge < -0.3 is 19.9 Å². The lowest BCUT2D eigenvalue weighted by molar-refractivity contribution is 0.0906. The molecule has 1 unspecified atom stereocenters. The molecule has 0 radical (unpaired) electrons. The molecule has 1 N–H and O–H groups in total. The summed E-state index contributed by atoms with van der Waals surface area (Å²) in [7, 11) is 5.70. The number of guanidine groups is 1. The maximum atomic E-state index is 14.0. The van der Waals surface area contributed by atoms with Crippen molar-refractivity contribution in [3.8, 4) is 0 Å². The van der Waals surface area contributed by atoms with E-state index in [1.807, 2.05) is 56.4 Å². The fraction of sp³-hybridized carbons (Fsp3) is 0.458. The van der Waals surface area contributed by atoms with E-state index >= 15 is 0 Å². The average molecular weight is 540 g/mol. The second-order valence-corrected chi connectivity index (χ2v) is 8.17. The van der Waals surface area contributed by atoms with E-state index in [0.717, 1.165) is 37.6 Å². The zero-order valence-electron chi connectivity index (χ0n) is 18.7. The van der Waals surface area contributed by atoms with E-state index in [0.29, 0.717) is 31.2 Å². The van der Waals surface area contributed by atoms with Crippen LogP contribution in [0, 0.1) is 11.7 Å². The summed E-state index contributed by atoms with van der Waals surface area (Å²) in [6.07, 6.45) is 1.10. The lowest BCUT2D eigenvalue weighted by Crippen LogP contribution is -2.39. The van der Waals surface area contributed by atoms with Gasteiger partial charge in [0.15, 0.2) is 5.96 Å². The SMILES string of the molecule is CN=C(NCc1ccc(F)c(CN(C)C)c1)N1CCC(COCc2ccccc2)C1.I. The first-order valence-electron chi connectivity index (χ1n) is 10.5. The molecule has 1 heterocycles. The first-order valence-corrected chi connectivity index (χ1v) is 10.5. The fourth-order valence-electron chi connectivity index (χ4n) is 3.79. The van der Waals surface area contributed by atoms with Crippen molar-refractivity contribution in [1.82, 2.24) is 15.1 Å². The summed E-state index contributed by atoms with van der Waals surface area (Å²) >= 11 is 0. The van der Waals surface area contributed by atoms with Gasteiger partial charge in [-0.1, -0.05) is 36.4 Å². The van der Waals surface area contributed by atoms with E-state index in [4.69, 9.17) is 4.74 Å². The molecule has 0 spiro atoms. The molecule has 1 aliphatic heterocycles. The van der Waals surface area contributed by atoms with Gasteiger partial charge in [-0.2, -0.15) is 0 Å². The first kappa shape index (κ1) is 25.5. The van der Waals surface area contributed by atoms with Crippen molar-refractivity contribution < 1.29 is 9.13 Å². The van der Waals surface area contributed by atoms with Gasteiger partial charge in [-0.15, -0.1) is 24.0 Å². The van der Waals surface area contributed by atoms with Crippen LogP contribution in [0.3, 0.4) is 0 Å². The molecule has 1 aliphatic rings. The van der Waals surface area contributed by atoms with E-state index < -0.39 is 0 Å². The Hall–Kier alpha value is -1.71. The third-order valence-corrected chi connectivity index (χ3v) is 5.31. The Morgan fingerprint density at radius 3 is 2.68 bits per heavy atom. The molecule has 0 amide bonds. The molecule has 5 nitrogen and oxygen atoms in total. The molecule has 0 aromatic heterocycles. The van der Waals surface area contributed by atoms with Gasteiger partial charge in [0, 0.05) is 44.7 Å². The van der Waals surface area contributed by atoms with Crippen LogP contribution in [0.4, 0.5) is 4.39 Å². The number of nitrogens with zero attached hydrogens (tertiary/aromatic N) is 3. The molecule has 0 bridgehead atoms. The van der Waals surface area contributed by atoms with Crippen LogP contribution in [0.15, 0.2) is 53.5 Å². The third-order valence-electron chi connectivity index (χ3n) is 5.31. The van der Waals surface area contributed by atoms with Crippen molar-refractivity contribution in [2.24, 2.45) is 10.9 Å². The van der Waals surface area contributed by atoms with E-state index in [1.54, 1.807) is 6.07 Å². The van der Waals surface area contributed by atoms with Crippen LogP contribution in [0.25, 0.3) is 0 Å². The van der Waals surface area contributed by atoms with Gasteiger partial charge in [0.1, 0.15) is 5.82 Å². The highest BCUT2D eigenvalue weighted by molar-refractivity contribution is 14.0. The number of ether oxygens (including phenoxy) is 1. The molecule has 1 saturated heterocycles. The highest BCUT2D eigenvalue weighted by Crippen LogP contribution is 2.18. The van der Waals surface area contributed by atoms with E-state index in [-0.39, 0.29) is 29.8 Å². The molecule has 7 heteroatoms. The van der Waals surface area contributed by atoms with E-state index in [9.17, 15) is 4.39 Å². The zero-order valence-corrected chi connectivity index (χ0v) is 21.0. The number of rotatable bonds is 8. The van der Waals surface area contributed by atoms with Gasteiger partial charge >= 0.3 is 0 Å². The molecule has 2 aromatic rings. The quantitative estimate of drug-likeness (QED) is 0.311. The molecule has 2 aromatic carbocycles. The number of hydrogen-bond acceptors (Lipinski definition) is 3. The molecule has 0 aliphatic carbocycles. The number of likely N-dealkylation sites (tertiary alicyclic amines) is 1. The molecule has 3 rings (SSSR count). The summed E-state index contributed by atoms with van der Waals surface area (Å²) in [5, 5.41) is 3.43. The molecule has 0 saturated carbocycles. The molecule has 1 fully saturated rings. The van der Waals surface area contributed by atoms with Gasteiger partial charge in [-0.25, -0.2) is 4.39 Å². The van der Waals surface area contributed by atoms with Gasteiger partial charge in [0.25, 0.3) is 0 Å². The maximum absolute atomic E-state index is 14.0. The Morgan fingerprint density at radius 1 is 1.19 bits per heavy atom. The van der Waals surface area contributed by atoms with Gasteiger partial charge in [-0.05, 0) is 43.8 Å². The smallest absolute Gasteiger partial charge is 0.193 e. The molecule has 1 atom stereocenters. The molecule has 31 heavy (non-hydrogen) atoms. The van der Waals surface area contributed by atoms with Crippen LogP contribution < -0.4 is 5.32 Å². The van der Waals surface area contributed by atoms with Crippen LogP contribution in [0.5, 0.6) is 0 Å². The third kappa shape index (κ3) is 8.05. The predicted octanol–water partition coefficient (Wildman–Crippen LogP) is 4.12. The van der Waals surface area contributed by atoms with Crippen LogP contribution in [0.2, 0.25) is 0 Å². The van der Waals surface area contributed by atoms with Crippen LogP contribution in [0.1, 0.15) is 23.1 Å². The number of benzene rings is 2. The average Bonchev–Trinajstić information content (AvgIpc) is 3.20. The predicted molar refractivity (Wildman–Crippen MR) is 135 cm³/mol. The summed E-state index contributed by atoms with van der Waals surface area (Å²) in [6.45, 7) is 4.53. The Morgan fingerprint density at radius 2 is 1.97 bits per heavy atom. The van der Waals surface area contributed by atoms with Crippen LogP contribution >= 0.6 is 24.0 Å². The summed E-state index contributed by atoms with van der Waals surface area (Å²) in [5.74, 6) is 1.23. The highest BCUT2D eigenvalue weighted by atomic mass is 127. The number of halogens is 2. The fourth-order valence-corrected chi connectivity index (χ4v) is 3.79. The van der Waals surface area contributed by atoms with Crippen molar-refractivity contribution in [2.45, 2.75) is 26.1 Å². The molecular weight excluding hydrogens is 506 g/mol. The van der Waals surface area contributed by atoms with E-state index in [1.165, 1.54) is 5.56 Å². The molecule has 170 valence electrons. The normalized spacial score (nSPS) is 16.5. The van der Waals surface area contributed by atoms with Crippen LogP contribution in [-0.4, -0.2) is 56.6 Å². The number of nitrogens with one attached hydrogen (secondary N) is 1. The maximum Gasteiger partial charge on any atom is 0.193 e. The van der Waals surface area contributed by atoms with Crippen LogP contribution in [-0.2, 0) is 24.4 Å². The Balaban J connectivity index is 0.00000341. The summed E-state index contributed by atoms with van der Waals surface area (Å²) in [5.41, 5.74) is 2.97. The first-order chi connectivity index (χ1) is 14.5. The van der Waals surface area contributed by atoms with Crippen molar-refractivity contribution in [3.05, 3.63) is 71.0 Å². The highest BCUT2D eigenvalue weighted by Gasteiger charge is 2.25. The topological polar surface area (TPSA) is 40.1 Å². The molecular formula is C24H34FIN4O. The van der Waals surface area contributed by atoms with Crippen molar-refractivity contribution in [1.29, 1.82) is 0 Å². The zero-order chi connectivity index (χ0) is 21.3. The lowest BCUT2D eigenvalue weighted by atomic mass is 10.1. The standard InChI is InChI=1S/C24H33FN4O.HI/c1-26-24(27-14-20-9-10-23(25)22(13-20)16-28(2)3)29-12-11-21(15-29)18-30-17-19-7-5-4-6-8-19;/h4-10,13,21H,11-12,14-18H2,1-3H3,(H,26,27);1H.